The Balaban J connectivity index is 5.53. The van der Waals surface area contributed by atoms with Crippen molar-refractivity contribution < 1.29 is 57.1 Å². The Kier molecular flexibility index (Phi) is 6.80. The van der Waals surface area contributed by atoms with Gasteiger partial charge in [0.25, 0.3) is 11.8 Å². The van der Waals surface area contributed by atoms with Gasteiger partial charge in [0.1, 0.15) is 0 Å². The molecule has 0 heterocycles. The zero-order valence-corrected chi connectivity index (χ0v) is 13.3. The Labute approximate surface area is 139 Å². The zero-order chi connectivity index (χ0) is 19.8. The average molecular weight is 502 g/mol. The van der Waals surface area contributed by atoms with Gasteiger partial charge in [-0.25, -0.2) is 17.6 Å². The molecule has 24 heavy (non-hydrogen) atoms. The van der Waals surface area contributed by atoms with E-state index in [9.17, 15) is 57.1 Å². The lowest BCUT2D eigenvalue weighted by molar-refractivity contribution is -0.401. The lowest BCUT2D eigenvalue weighted by Gasteiger charge is -2.35. The van der Waals surface area contributed by atoms with Crippen LogP contribution in [0.1, 0.15) is 19.3 Å². The first-order valence-electron chi connectivity index (χ1n) is 5.74. The molecule has 0 nitrogen and oxygen atoms in total. The molecule has 0 aromatic carbocycles. The molecule has 0 rings (SSSR count). The van der Waals surface area contributed by atoms with Crippen LogP contribution in [0.15, 0.2) is 0 Å². The molecular formula is C10H8F13I. The second-order valence-electron chi connectivity index (χ2n) is 4.86. The smallest absolute Gasteiger partial charge is 0.207 e. The number of hydrogen-bond acceptors (Lipinski definition) is 0. The molecule has 0 N–H and O–H groups in total. The van der Waals surface area contributed by atoms with Crippen molar-refractivity contribution >= 4 is 22.6 Å². The van der Waals surface area contributed by atoms with E-state index in [0.29, 0.717) is 0 Å². The summed E-state index contributed by atoms with van der Waals surface area (Å²) in [5, 5.41) is 0. The summed E-state index contributed by atoms with van der Waals surface area (Å²) in [6.07, 6.45) is -14.7. The summed E-state index contributed by atoms with van der Waals surface area (Å²) >= 11 is 1.31. The molecule has 0 bridgehead atoms. The molecule has 146 valence electrons. The van der Waals surface area contributed by atoms with Gasteiger partial charge in [-0.05, 0) is 0 Å². The fourth-order valence-corrected chi connectivity index (χ4v) is 2.30. The van der Waals surface area contributed by atoms with Gasteiger partial charge in [0.05, 0.1) is 12.8 Å². The fraction of sp³-hybridized carbons (Fsp3) is 1.00. The average Bonchev–Trinajstić information content (AvgIpc) is 2.22. The Hall–Kier alpha value is -0.180. The van der Waals surface area contributed by atoms with E-state index < -0.39 is 59.5 Å². The van der Waals surface area contributed by atoms with Crippen molar-refractivity contribution in [2.75, 3.05) is 4.43 Å². The van der Waals surface area contributed by atoms with Crippen LogP contribution in [-0.4, -0.2) is 40.2 Å². The lowest BCUT2D eigenvalue weighted by atomic mass is 9.94. The van der Waals surface area contributed by atoms with Crippen molar-refractivity contribution in [2.45, 2.75) is 55.1 Å². The molecule has 0 aromatic rings. The lowest BCUT2D eigenvalue weighted by Crippen LogP contribution is -2.62. The van der Waals surface area contributed by atoms with E-state index in [1.165, 1.54) is 22.6 Å². The molecule has 0 saturated carbocycles. The highest BCUT2D eigenvalue weighted by atomic mass is 127. The van der Waals surface area contributed by atoms with Crippen LogP contribution in [0.4, 0.5) is 57.1 Å². The first-order valence-corrected chi connectivity index (χ1v) is 7.27. The van der Waals surface area contributed by atoms with Crippen LogP contribution in [0.25, 0.3) is 0 Å². The standard InChI is InChI=1S/C10H8F13I/c11-5(12,1-2-24)3-6(13,14)4-7(15,16)8(17,18)9(19,20)10(21,22)23/h1-4H2. The summed E-state index contributed by atoms with van der Waals surface area (Å²) in [6, 6.07) is 0. The van der Waals surface area contributed by atoms with Crippen LogP contribution in [0.2, 0.25) is 0 Å². The molecule has 0 unspecified atom stereocenters. The molecule has 0 aromatic heterocycles. The molecule has 0 spiro atoms. The maximum Gasteiger partial charge on any atom is 0.460 e. The second-order valence-corrected chi connectivity index (χ2v) is 5.93. The summed E-state index contributed by atoms with van der Waals surface area (Å²) in [6.45, 7) is 0. The van der Waals surface area contributed by atoms with Crippen molar-refractivity contribution in [3.8, 4) is 0 Å². The second kappa shape index (κ2) is 6.85. The monoisotopic (exact) mass is 502 g/mol. The SMILES string of the molecule is FC(F)(CCI)CC(F)(F)CC(F)(F)C(F)(F)C(F)(F)C(F)(F)F. The zero-order valence-electron chi connectivity index (χ0n) is 11.1. The summed E-state index contributed by atoms with van der Waals surface area (Å²) in [5.41, 5.74) is 0. The minimum Gasteiger partial charge on any atom is -0.207 e. The van der Waals surface area contributed by atoms with Gasteiger partial charge in [-0.3, -0.25) is 0 Å². The number of halogens is 14. The summed E-state index contributed by atoms with van der Waals surface area (Å²) in [5.74, 6) is -30.8. The summed E-state index contributed by atoms with van der Waals surface area (Å²) in [7, 11) is 0. The first kappa shape index (κ1) is 23.8. The molecule has 14 heteroatoms. The van der Waals surface area contributed by atoms with E-state index in [0.717, 1.165) is 0 Å². The summed E-state index contributed by atoms with van der Waals surface area (Å²) in [4.78, 5) is 0. The van der Waals surface area contributed by atoms with Gasteiger partial charge in [0.15, 0.2) is 0 Å². The van der Waals surface area contributed by atoms with E-state index in [2.05, 4.69) is 0 Å². The predicted octanol–water partition coefficient (Wildman–Crippen LogP) is 6.33. The van der Waals surface area contributed by atoms with Crippen molar-refractivity contribution in [3.05, 3.63) is 0 Å². The van der Waals surface area contributed by atoms with E-state index >= 15 is 0 Å². The van der Waals surface area contributed by atoms with Crippen LogP contribution >= 0.6 is 22.6 Å². The van der Waals surface area contributed by atoms with Gasteiger partial charge in [0.2, 0.25) is 0 Å². The van der Waals surface area contributed by atoms with Crippen molar-refractivity contribution in [3.63, 3.8) is 0 Å². The summed E-state index contributed by atoms with van der Waals surface area (Å²) < 4.78 is 164. The Morgan fingerprint density at radius 2 is 0.958 bits per heavy atom. The van der Waals surface area contributed by atoms with E-state index in [1.54, 1.807) is 0 Å². The van der Waals surface area contributed by atoms with Crippen molar-refractivity contribution in [2.24, 2.45) is 0 Å². The van der Waals surface area contributed by atoms with Gasteiger partial charge in [0, 0.05) is 10.8 Å². The van der Waals surface area contributed by atoms with Crippen LogP contribution in [-0.2, 0) is 0 Å². The highest BCUT2D eigenvalue weighted by Gasteiger charge is 2.82. The molecule has 0 atom stereocenters. The number of rotatable bonds is 8. The third-order valence-electron chi connectivity index (χ3n) is 2.67. The minimum atomic E-state index is -7.34. The van der Waals surface area contributed by atoms with E-state index in [-0.39, 0.29) is 0 Å². The van der Waals surface area contributed by atoms with Gasteiger partial charge < -0.3 is 0 Å². The Bertz CT molecular complexity index is 425. The van der Waals surface area contributed by atoms with E-state index in [4.69, 9.17) is 0 Å². The topological polar surface area (TPSA) is 0 Å². The molecular weight excluding hydrogens is 494 g/mol. The third-order valence-corrected chi connectivity index (χ3v) is 3.21. The maximum atomic E-state index is 13.1. The molecule has 0 aliphatic heterocycles. The van der Waals surface area contributed by atoms with Crippen LogP contribution < -0.4 is 0 Å². The highest BCUT2D eigenvalue weighted by molar-refractivity contribution is 14.1. The van der Waals surface area contributed by atoms with Crippen molar-refractivity contribution in [1.82, 2.24) is 0 Å². The fourth-order valence-electron chi connectivity index (χ4n) is 1.51. The molecule has 0 radical (unpaired) electrons. The predicted molar refractivity (Wildman–Crippen MR) is 63.5 cm³/mol. The largest absolute Gasteiger partial charge is 0.460 e. The Morgan fingerprint density at radius 1 is 0.542 bits per heavy atom. The van der Waals surface area contributed by atoms with E-state index in [1.807, 2.05) is 0 Å². The van der Waals surface area contributed by atoms with Crippen LogP contribution in [0, 0.1) is 0 Å². The van der Waals surface area contributed by atoms with Crippen LogP contribution in [0.5, 0.6) is 0 Å². The van der Waals surface area contributed by atoms with Gasteiger partial charge >= 0.3 is 23.9 Å². The van der Waals surface area contributed by atoms with Crippen LogP contribution in [0.3, 0.4) is 0 Å². The molecule has 0 aliphatic carbocycles. The third kappa shape index (κ3) is 5.16. The normalized spacial score (nSPS) is 15.8. The quantitative estimate of drug-likeness (QED) is 0.207. The number of alkyl halides is 14. The first-order chi connectivity index (χ1) is 10.2. The van der Waals surface area contributed by atoms with Gasteiger partial charge in [-0.2, -0.15) is 39.5 Å². The highest BCUT2D eigenvalue weighted by Crippen LogP contribution is 2.56. The van der Waals surface area contributed by atoms with Crippen molar-refractivity contribution in [1.29, 1.82) is 0 Å². The molecule has 0 amide bonds. The number of hydrogen-bond donors (Lipinski definition) is 0. The molecule has 0 saturated heterocycles. The van der Waals surface area contributed by atoms with Gasteiger partial charge in [-0.15, -0.1) is 0 Å². The minimum absolute atomic E-state index is 0.431. The van der Waals surface area contributed by atoms with Gasteiger partial charge in [-0.1, -0.05) is 22.6 Å². The molecule has 0 aliphatic rings. The molecule has 0 fully saturated rings. The maximum absolute atomic E-state index is 13.1. The Morgan fingerprint density at radius 3 is 1.29 bits per heavy atom.